The summed E-state index contributed by atoms with van der Waals surface area (Å²) in [5, 5.41) is 1.83. The van der Waals surface area contributed by atoms with Crippen molar-refractivity contribution in [2.75, 3.05) is 7.11 Å². The smallest absolute Gasteiger partial charge is 0.357 e. The Labute approximate surface area is 110 Å². The summed E-state index contributed by atoms with van der Waals surface area (Å²) in [7, 11) is 1.40. The van der Waals surface area contributed by atoms with Crippen molar-refractivity contribution in [2.45, 2.75) is 43.6 Å². The molecule has 17 heavy (non-hydrogen) atoms. The van der Waals surface area contributed by atoms with E-state index < -0.39 is 0 Å². The Bertz CT molecular complexity index is 397. The zero-order chi connectivity index (χ0) is 12.3. The van der Waals surface area contributed by atoms with Crippen LogP contribution in [0.5, 0.6) is 0 Å². The summed E-state index contributed by atoms with van der Waals surface area (Å²) in [6.07, 6.45) is 5.39. The number of carbonyl (C=O) groups excluding carboxylic acids is 1. The summed E-state index contributed by atoms with van der Waals surface area (Å²) in [6.45, 7) is 1.92. The van der Waals surface area contributed by atoms with E-state index in [1.807, 2.05) is 18.7 Å². The van der Waals surface area contributed by atoms with Gasteiger partial charge >= 0.3 is 5.97 Å². The third kappa shape index (κ3) is 3.22. The van der Waals surface area contributed by atoms with Crippen LogP contribution < -0.4 is 0 Å². The summed E-state index contributed by atoms with van der Waals surface area (Å²) in [5.74, 6) is 0.601. The average Bonchev–Trinajstić information content (AvgIpc) is 2.94. The first-order valence-electron chi connectivity index (χ1n) is 5.87. The molecular weight excluding hydrogens is 254 g/mol. The molecule has 0 aromatic carbocycles. The second-order valence-corrected chi connectivity index (χ2v) is 6.80. The van der Waals surface area contributed by atoms with Crippen LogP contribution >= 0.6 is 23.1 Å². The van der Waals surface area contributed by atoms with Gasteiger partial charge in [-0.15, -0.1) is 11.3 Å². The fourth-order valence-electron chi connectivity index (χ4n) is 2.04. The van der Waals surface area contributed by atoms with Crippen molar-refractivity contribution in [3.05, 3.63) is 15.6 Å². The molecule has 5 heteroatoms. The molecular formula is C12H17NO2S2. The largest absolute Gasteiger partial charge is 0.464 e. The SMILES string of the molecule is COC(=O)c1nc(CSC2CCCC2)sc1C. The highest BCUT2D eigenvalue weighted by Gasteiger charge is 2.18. The molecule has 2 rings (SSSR count). The minimum Gasteiger partial charge on any atom is -0.464 e. The summed E-state index contributed by atoms with van der Waals surface area (Å²) in [6, 6.07) is 0. The van der Waals surface area contributed by atoms with Crippen LogP contribution in [-0.2, 0) is 10.5 Å². The van der Waals surface area contributed by atoms with E-state index in [9.17, 15) is 4.79 Å². The molecule has 0 unspecified atom stereocenters. The second-order valence-electron chi connectivity index (χ2n) is 4.22. The zero-order valence-corrected chi connectivity index (χ0v) is 11.8. The Balaban J connectivity index is 1.94. The monoisotopic (exact) mass is 271 g/mol. The summed E-state index contributed by atoms with van der Waals surface area (Å²) >= 11 is 3.58. The molecule has 1 aliphatic carbocycles. The molecule has 1 fully saturated rings. The predicted molar refractivity (Wildman–Crippen MR) is 71.7 cm³/mol. The molecule has 0 amide bonds. The molecule has 0 aliphatic heterocycles. The lowest BCUT2D eigenvalue weighted by Crippen LogP contribution is -2.03. The van der Waals surface area contributed by atoms with Crippen molar-refractivity contribution in [3.8, 4) is 0 Å². The number of thioether (sulfide) groups is 1. The van der Waals surface area contributed by atoms with Gasteiger partial charge in [0.05, 0.1) is 7.11 Å². The number of aromatic nitrogens is 1. The number of ether oxygens (including phenoxy) is 1. The van der Waals surface area contributed by atoms with Gasteiger partial charge in [0.1, 0.15) is 5.01 Å². The van der Waals surface area contributed by atoms with Crippen LogP contribution in [0.25, 0.3) is 0 Å². The number of hydrogen-bond acceptors (Lipinski definition) is 5. The van der Waals surface area contributed by atoms with Gasteiger partial charge < -0.3 is 4.74 Å². The van der Waals surface area contributed by atoms with E-state index >= 15 is 0 Å². The van der Waals surface area contributed by atoms with Crippen LogP contribution in [0.15, 0.2) is 0 Å². The number of carbonyl (C=O) groups is 1. The lowest BCUT2D eigenvalue weighted by molar-refractivity contribution is 0.0594. The first-order valence-corrected chi connectivity index (χ1v) is 7.73. The van der Waals surface area contributed by atoms with Crippen molar-refractivity contribution in [1.29, 1.82) is 0 Å². The van der Waals surface area contributed by atoms with E-state index in [4.69, 9.17) is 4.74 Å². The molecule has 0 saturated heterocycles. The van der Waals surface area contributed by atoms with Gasteiger partial charge in [0.25, 0.3) is 0 Å². The molecule has 0 atom stereocenters. The highest BCUT2D eigenvalue weighted by molar-refractivity contribution is 7.99. The van der Waals surface area contributed by atoms with Gasteiger partial charge in [0.2, 0.25) is 0 Å². The Morgan fingerprint density at radius 1 is 1.53 bits per heavy atom. The predicted octanol–water partition coefficient (Wildman–Crippen LogP) is 3.41. The van der Waals surface area contributed by atoms with Crippen LogP contribution in [0.1, 0.15) is 46.1 Å². The highest BCUT2D eigenvalue weighted by Crippen LogP contribution is 2.32. The van der Waals surface area contributed by atoms with Crippen molar-refractivity contribution in [1.82, 2.24) is 4.98 Å². The van der Waals surface area contributed by atoms with Crippen LogP contribution in [0.2, 0.25) is 0 Å². The number of nitrogens with zero attached hydrogens (tertiary/aromatic N) is 1. The maximum absolute atomic E-state index is 11.4. The van der Waals surface area contributed by atoms with Gasteiger partial charge in [0.15, 0.2) is 5.69 Å². The van der Waals surface area contributed by atoms with E-state index in [0.29, 0.717) is 5.69 Å². The van der Waals surface area contributed by atoms with Crippen molar-refractivity contribution in [2.24, 2.45) is 0 Å². The Kier molecular flexibility index (Phi) is 4.45. The summed E-state index contributed by atoms with van der Waals surface area (Å²) in [4.78, 5) is 16.7. The second kappa shape index (κ2) is 5.87. The number of esters is 1. The maximum atomic E-state index is 11.4. The number of aryl methyl sites for hydroxylation is 1. The number of rotatable bonds is 4. The fraction of sp³-hybridized carbons (Fsp3) is 0.667. The van der Waals surface area contributed by atoms with Crippen molar-refractivity contribution < 1.29 is 9.53 Å². The van der Waals surface area contributed by atoms with Gasteiger partial charge in [-0.05, 0) is 19.8 Å². The molecule has 0 bridgehead atoms. The number of hydrogen-bond donors (Lipinski definition) is 0. The van der Waals surface area contributed by atoms with Crippen LogP contribution in [0, 0.1) is 6.92 Å². The minimum atomic E-state index is -0.323. The normalized spacial score (nSPS) is 16.4. The highest BCUT2D eigenvalue weighted by atomic mass is 32.2. The van der Waals surface area contributed by atoms with Crippen molar-refractivity contribution >= 4 is 29.1 Å². The Hall–Kier alpha value is -0.550. The molecule has 0 N–H and O–H groups in total. The first-order chi connectivity index (χ1) is 8.20. The van der Waals surface area contributed by atoms with E-state index in [1.54, 1.807) is 11.3 Å². The average molecular weight is 271 g/mol. The van der Waals surface area contributed by atoms with Gasteiger partial charge in [-0.3, -0.25) is 0 Å². The molecule has 0 spiro atoms. The van der Waals surface area contributed by atoms with Gasteiger partial charge in [-0.25, -0.2) is 9.78 Å². The molecule has 94 valence electrons. The molecule has 1 aromatic heterocycles. The van der Waals surface area contributed by atoms with E-state index in [0.717, 1.165) is 20.9 Å². The lowest BCUT2D eigenvalue weighted by atomic mass is 10.4. The number of thiazole rings is 1. The minimum absolute atomic E-state index is 0.323. The topological polar surface area (TPSA) is 39.2 Å². The summed E-state index contributed by atoms with van der Waals surface area (Å²) < 4.78 is 4.71. The molecule has 1 saturated carbocycles. The van der Waals surface area contributed by atoms with Gasteiger partial charge in [0, 0.05) is 15.9 Å². The summed E-state index contributed by atoms with van der Waals surface area (Å²) in [5.41, 5.74) is 0.486. The third-order valence-electron chi connectivity index (χ3n) is 2.96. The standard InChI is InChI=1S/C12H17NO2S2/c1-8-11(12(14)15-2)13-10(17-8)7-16-9-5-3-4-6-9/h9H,3-7H2,1-2H3. The molecule has 0 radical (unpaired) electrons. The quantitative estimate of drug-likeness (QED) is 0.787. The van der Waals surface area contributed by atoms with E-state index in [1.165, 1.54) is 32.8 Å². The Morgan fingerprint density at radius 2 is 2.24 bits per heavy atom. The van der Waals surface area contributed by atoms with Gasteiger partial charge in [-0.1, -0.05) is 12.8 Å². The maximum Gasteiger partial charge on any atom is 0.357 e. The molecule has 3 nitrogen and oxygen atoms in total. The molecule has 1 aromatic rings. The fourth-order valence-corrected chi connectivity index (χ4v) is 4.31. The third-order valence-corrected chi connectivity index (χ3v) is 5.50. The van der Waals surface area contributed by atoms with Crippen LogP contribution in [0.4, 0.5) is 0 Å². The first kappa shape index (κ1) is 12.9. The Morgan fingerprint density at radius 3 is 2.88 bits per heavy atom. The number of methoxy groups -OCH3 is 1. The zero-order valence-electron chi connectivity index (χ0n) is 10.2. The molecule has 1 heterocycles. The van der Waals surface area contributed by atoms with E-state index in [-0.39, 0.29) is 5.97 Å². The van der Waals surface area contributed by atoms with Crippen molar-refractivity contribution in [3.63, 3.8) is 0 Å². The van der Waals surface area contributed by atoms with E-state index in [2.05, 4.69) is 4.98 Å². The lowest BCUT2D eigenvalue weighted by Gasteiger charge is -2.05. The van der Waals surface area contributed by atoms with Crippen LogP contribution in [-0.4, -0.2) is 23.3 Å². The van der Waals surface area contributed by atoms with Crippen LogP contribution in [0.3, 0.4) is 0 Å². The molecule has 1 aliphatic rings. The van der Waals surface area contributed by atoms with Gasteiger partial charge in [-0.2, -0.15) is 11.8 Å².